The van der Waals surface area contributed by atoms with Crippen LogP contribution < -0.4 is 16.8 Å². The number of nitriles is 1. The van der Waals surface area contributed by atoms with Crippen LogP contribution in [0.25, 0.3) is 11.4 Å². The van der Waals surface area contributed by atoms with Gasteiger partial charge in [-0.25, -0.2) is 4.98 Å². The number of aromatic amines is 1. The number of aromatic nitrogens is 3. The van der Waals surface area contributed by atoms with Gasteiger partial charge in [0.1, 0.15) is 11.9 Å². The quantitative estimate of drug-likeness (QED) is 0.261. The van der Waals surface area contributed by atoms with Crippen molar-refractivity contribution in [2.45, 2.75) is 69.7 Å². The minimum Gasteiger partial charge on any atom is -0.402 e. The third-order valence-corrected chi connectivity index (χ3v) is 10.7. The molecule has 4 unspecified atom stereocenters. The van der Waals surface area contributed by atoms with Gasteiger partial charge in [0, 0.05) is 23.4 Å². The second kappa shape index (κ2) is 13.1. The van der Waals surface area contributed by atoms with Crippen molar-refractivity contribution in [1.29, 1.82) is 5.26 Å². The van der Waals surface area contributed by atoms with E-state index in [1.54, 1.807) is 4.90 Å². The summed E-state index contributed by atoms with van der Waals surface area (Å²) in [6.07, 6.45) is 6.78. The number of H-pyrrole nitrogens is 1. The molecule has 5 atom stereocenters. The van der Waals surface area contributed by atoms with Gasteiger partial charge in [-0.05, 0) is 106 Å². The Morgan fingerprint density at radius 2 is 1.96 bits per heavy atom. The van der Waals surface area contributed by atoms with Gasteiger partial charge in [0.15, 0.2) is 5.82 Å². The number of primary amides is 1. The molecule has 1 aromatic heterocycles. The largest absolute Gasteiger partial charge is 0.402 e. The molecular formula is C36H44N8O2. The van der Waals surface area contributed by atoms with Gasteiger partial charge in [0.05, 0.1) is 18.0 Å². The summed E-state index contributed by atoms with van der Waals surface area (Å²) in [6, 6.07) is 15.9. The van der Waals surface area contributed by atoms with E-state index in [0.29, 0.717) is 36.8 Å². The lowest BCUT2D eigenvalue weighted by molar-refractivity contribution is -0.130. The van der Waals surface area contributed by atoms with Crippen molar-refractivity contribution in [3.05, 3.63) is 82.8 Å². The number of hydrogen-bond donors (Lipinski definition) is 4. The smallest absolute Gasteiger partial charge is 0.248 e. The van der Waals surface area contributed by atoms with Crippen LogP contribution in [0.3, 0.4) is 0 Å². The molecule has 2 aliphatic carbocycles. The highest BCUT2D eigenvalue weighted by Crippen LogP contribution is 2.55. The summed E-state index contributed by atoms with van der Waals surface area (Å²) in [5.74, 6) is 1.72. The molecule has 6 N–H and O–H groups in total. The molecule has 2 aromatic carbocycles. The molecule has 0 radical (unpaired) electrons. The molecule has 46 heavy (non-hydrogen) atoms. The summed E-state index contributed by atoms with van der Waals surface area (Å²) >= 11 is 0. The predicted octanol–water partition coefficient (Wildman–Crippen LogP) is 4.11. The van der Waals surface area contributed by atoms with E-state index < -0.39 is 11.3 Å². The fraction of sp³-hybridized carbons (Fsp3) is 0.472. The minimum absolute atomic E-state index is 0.0494. The highest BCUT2D eigenvalue weighted by Gasteiger charge is 2.51. The maximum Gasteiger partial charge on any atom is 0.248 e. The molecule has 0 spiro atoms. The lowest BCUT2D eigenvalue weighted by atomic mass is 9.57. The first-order valence-corrected chi connectivity index (χ1v) is 16.5. The van der Waals surface area contributed by atoms with Gasteiger partial charge in [-0.3, -0.25) is 14.7 Å². The molecule has 6 rings (SSSR count). The Balaban J connectivity index is 1.41. The highest BCUT2D eigenvalue weighted by atomic mass is 16.2. The first-order chi connectivity index (χ1) is 22.2. The summed E-state index contributed by atoms with van der Waals surface area (Å²) in [4.78, 5) is 32.3. The molecule has 2 fully saturated rings. The van der Waals surface area contributed by atoms with Gasteiger partial charge >= 0.3 is 0 Å². The van der Waals surface area contributed by atoms with Crippen LogP contribution in [0.2, 0.25) is 0 Å². The van der Waals surface area contributed by atoms with Crippen LogP contribution >= 0.6 is 0 Å². The molecule has 2 amide bonds. The van der Waals surface area contributed by atoms with Crippen molar-refractivity contribution in [1.82, 2.24) is 25.4 Å². The Labute approximate surface area is 270 Å². The SMILES string of the molecule is C=C(N)C1CCC2[C@@H](CCc3cc(C(N)=O)ccc3C2(CCNCC(=O)N2CCCC2C#N)c2nc(-c3ccc(C)cc3)n[nH]2)C1. The Morgan fingerprint density at radius 3 is 2.70 bits per heavy atom. The zero-order valence-corrected chi connectivity index (χ0v) is 26.6. The number of carbonyl (C=O) groups is 2. The summed E-state index contributed by atoms with van der Waals surface area (Å²) < 4.78 is 0. The lowest BCUT2D eigenvalue weighted by Crippen LogP contribution is -2.47. The Kier molecular flexibility index (Phi) is 8.96. The van der Waals surface area contributed by atoms with E-state index >= 15 is 0 Å². The Morgan fingerprint density at radius 1 is 1.15 bits per heavy atom. The zero-order chi connectivity index (χ0) is 32.4. The van der Waals surface area contributed by atoms with Crippen LogP contribution in [-0.4, -0.2) is 57.6 Å². The van der Waals surface area contributed by atoms with Crippen LogP contribution in [0.5, 0.6) is 0 Å². The molecular weight excluding hydrogens is 576 g/mol. The molecule has 1 saturated carbocycles. The number of rotatable bonds is 9. The Hall–Kier alpha value is -4.49. The maximum absolute atomic E-state index is 13.1. The molecule has 240 valence electrons. The van der Waals surface area contributed by atoms with E-state index in [-0.39, 0.29) is 30.3 Å². The molecule has 3 aliphatic rings. The fourth-order valence-corrected chi connectivity index (χ4v) is 8.31. The second-order valence-corrected chi connectivity index (χ2v) is 13.4. The fourth-order valence-electron chi connectivity index (χ4n) is 8.31. The topological polar surface area (TPSA) is 167 Å². The predicted molar refractivity (Wildman–Crippen MR) is 176 cm³/mol. The number of nitrogens with two attached hydrogens (primary N) is 2. The van der Waals surface area contributed by atoms with Crippen LogP contribution in [0, 0.1) is 36.0 Å². The number of nitrogens with one attached hydrogen (secondary N) is 2. The molecule has 10 nitrogen and oxygen atoms in total. The third-order valence-electron chi connectivity index (χ3n) is 10.7. The standard InChI is InChI=1S/C36H44N8O2/c1-22-5-7-24(8-6-22)34-41-35(43-42-34)36(15-16-40-21-32(45)44-17-3-4-29(44)20-37)30-13-11-25(23(2)38)18-26(30)9-10-27-19-28(33(39)46)12-14-31(27)36/h5-8,12,14,19,25-26,29-30,40H,2-4,9-11,13,15-18,21,38H2,1H3,(H2,39,46)(H,41,42,43)/t25?,26-,29?,30?,36?/m0/s1. The van der Waals surface area contributed by atoms with Crippen LogP contribution in [0.4, 0.5) is 0 Å². The van der Waals surface area contributed by atoms with Crippen molar-refractivity contribution < 1.29 is 9.59 Å². The van der Waals surface area contributed by atoms with Gasteiger partial charge in [-0.15, -0.1) is 0 Å². The first kappa shape index (κ1) is 31.5. The summed E-state index contributed by atoms with van der Waals surface area (Å²) in [7, 11) is 0. The number of allylic oxidation sites excluding steroid dienone is 1. The summed E-state index contributed by atoms with van der Waals surface area (Å²) in [6.45, 7) is 7.49. The van der Waals surface area contributed by atoms with E-state index in [1.807, 2.05) is 24.3 Å². The van der Waals surface area contributed by atoms with Gasteiger partial charge in [0.25, 0.3) is 0 Å². The number of amides is 2. The monoisotopic (exact) mass is 620 g/mol. The van der Waals surface area contributed by atoms with Crippen molar-refractivity contribution in [3.63, 3.8) is 0 Å². The maximum atomic E-state index is 13.1. The van der Waals surface area contributed by atoms with E-state index in [1.165, 1.54) is 0 Å². The number of benzene rings is 2. The number of aryl methyl sites for hydroxylation is 2. The van der Waals surface area contributed by atoms with Crippen LogP contribution in [0.1, 0.15) is 77.8 Å². The molecule has 1 aliphatic heterocycles. The van der Waals surface area contributed by atoms with E-state index in [9.17, 15) is 14.9 Å². The van der Waals surface area contributed by atoms with Crippen molar-refractivity contribution in [3.8, 4) is 17.5 Å². The van der Waals surface area contributed by atoms with Crippen molar-refractivity contribution >= 4 is 11.8 Å². The number of likely N-dealkylation sites (tertiary alicyclic amines) is 1. The second-order valence-electron chi connectivity index (χ2n) is 13.4. The average molecular weight is 621 g/mol. The van der Waals surface area contributed by atoms with Crippen LogP contribution in [-0.2, 0) is 16.6 Å². The molecule has 0 bridgehead atoms. The van der Waals surface area contributed by atoms with Crippen molar-refractivity contribution in [2.24, 2.45) is 29.2 Å². The number of carbonyl (C=O) groups excluding carboxylic acids is 2. The minimum atomic E-state index is -0.581. The van der Waals surface area contributed by atoms with E-state index in [4.69, 9.17) is 21.5 Å². The lowest BCUT2D eigenvalue weighted by Gasteiger charge is -2.47. The molecule has 3 aromatic rings. The third kappa shape index (κ3) is 5.92. The Bertz CT molecular complexity index is 1660. The van der Waals surface area contributed by atoms with Gasteiger partial charge in [-0.2, -0.15) is 10.4 Å². The zero-order valence-electron chi connectivity index (χ0n) is 26.6. The van der Waals surface area contributed by atoms with Gasteiger partial charge in [0.2, 0.25) is 11.8 Å². The summed E-state index contributed by atoms with van der Waals surface area (Å²) in [5.41, 5.74) is 17.0. The van der Waals surface area contributed by atoms with Gasteiger partial charge in [-0.1, -0.05) is 42.5 Å². The highest BCUT2D eigenvalue weighted by molar-refractivity contribution is 5.93. The summed E-state index contributed by atoms with van der Waals surface area (Å²) in [5, 5.41) is 21.0. The first-order valence-electron chi connectivity index (χ1n) is 16.5. The number of hydrogen-bond acceptors (Lipinski definition) is 7. The van der Waals surface area contributed by atoms with E-state index in [0.717, 1.165) is 78.7 Å². The number of nitrogens with zero attached hydrogens (tertiary/aromatic N) is 4. The van der Waals surface area contributed by atoms with E-state index in [2.05, 4.69) is 48.2 Å². The van der Waals surface area contributed by atoms with Crippen LogP contribution in [0.15, 0.2) is 54.7 Å². The average Bonchev–Trinajstić information content (AvgIpc) is 3.73. The molecule has 2 heterocycles. The van der Waals surface area contributed by atoms with Crippen molar-refractivity contribution in [2.75, 3.05) is 19.6 Å². The molecule has 1 saturated heterocycles. The number of fused-ring (bicyclic) bond motifs is 2. The molecule has 10 heteroatoms. The normalized spacial score (nSPS) is 25.6. The van der Waals surface area contributed by atoms with Gasteiger partial charge < -0.3 is 21.7 Å².